The summed E-state index contributed by atoms with van der Waals surface area (Å²) >= 11 is 1.48. The summed E-state index contributed by atoms with van der Waals surface area (Å²) in [6.07, 6.45) is 3.35. The topological polar surface area (TPSA) is 52.7 Å². The zero-order valence-electron chi connectivity index (χ0n) is 12.9. The van der Waals surface area contributed by atoms with Gasteiger partial charge in [0.25, 0.3) is 0 Å². The molecule has 3 aromatic rings. The van der Waals surface area contributed by atoms with Crippen molar-refractivity contribution in [2.75, 3.05) is 5.75 Å². The number of carbonyl (C=O) groups excluding carboxylic acids is 1. The van der Waals surface area contributed by atoms with Crippen molar-refractivity contribution >= 4 is 28.6 Å². The number of aromatic nitrogens is 4. The van der Waals surface area contributed by atoms with Crippen LogP contribution >= 0.6 is 11.8 Å². The normalized spacial score (nSPS) is 11.5. The maximum atomic E-state index is 12.2. The van der Waals surface area contributed by atoms with Gasteiger partial charge in [0.05, 0.1) is 28.5 Å². The highest BCUT2D eigenvalue weighted by molar-refractivity contribution is 7.99. The number of Topliss-reactive ketones (excluding diaryl/α,β-unsaturated/α-hetero) is 1. The van der Waals surface area contributed by atoms with Crippen LogP contribution in [0.5, 0.6) is 0 Å². The van der Waals surface area contributed by atoms with E-state index in [1.165, 1.54) is 11.8 Å². The summed E-state index contributed by atoms with van der Waals surface area (Å²) in [6.45, 7) is 4.25. The second-order valence-corrected chi connectivity index (χ2v) is 6.40. The quantitative estimate of drug-likeness (QED) is 0.535. The lowest BCUT2D eigenvalue weighted by Gasteiger charge is -2.12. The molecule has 0 aliphatic heterocycles. The fourth-order valence-corrected chi connectivity index (χ4v) is 3.44. The van der Waals surface area contributed by atoms with Gasteiger partial charge in [-0.25, -0.2) is 4.98 Å². The Bertz CT molecular complexity index is 819. The molecule has 0 atom stereocenters. The number of ketones is 1. The van der Waals surface area contributed by atoms with Gasteiger partial charge in [0, 0.05) is 19.3 Å². The molecule has 1 aromatic carbocycles. The first kappa shape index (κ1) is 14.8. The molecule has 5 nitrogen and oxygen atoms in total. The molecule has 0 amide bonds. The van der Waals surface area contributed by atoms with Gasteiger partial charge in [0.1, 0.15) is 0 Å². The van der Waals surface area contributed by atoms with Crippen molar-refractivity contribution in [3.8, 4) is 0 Å². The number of imidazole rings is 1. The van der Waals surface area contributed by atoms with Crippen LogP contribution in [0.4, 0.5) is 0 Å². The third-order valence-electron chi connectivity index (χ3n) is 3.44. The Kier molecular flexibility index (Phi) is 4.02. The number of rotatable bonds is 5. The molecule has 0 fully saturated rings. The van der Waals surface area contributed by atoms with Crippen molar-refractivity contribution in [1.82, 2.24) is 19.3 Å². The molecule has 2 aromatic heterocycles. The lowest BCUT2D eigenvalue weighted by atomic mass is 10.3. The van der Waals surface area contributed by atoms with Crippen molar-refractivity contribution in [1.29, 1.82) is 0 Å². The van der Waals surface area contributed by atoms with Crippen LogP contribution in [0.3, 0.4) is 0 Å². The number of aryl methyl sites for hydroxylation is 1. The van der Waals surface area contributed by atoms with Gasteiger partial charge in [0.2, 0.25) is 0 Å². The summed E-state index contributed by atoms with van der Waals surface area (Å²) in [5, 5.41) is 4.92. The first-order valence-corrected chi connectivity index (χ1v) is 8.16. The minimum absolute atomic E-state index is 0.0699. The van der Waals surface area contributed by atoms with Crippen molar-refractivity contribution in [3.63, 3.8) is 0 Å². The number of hydrogen-bond acceptors (Lipinski definition) is 4. The molecule has 0 bridgehead atoms. The fraction of sp³-hybridized carbons (Fsp3) is 0.312. The van der Waals surface area contributed by atoms with Crippen LogP contribution in [0.1, 0.15) is 30.2 Å². The fourth-order valence-electron chi connectivity index (χ4n) is 2.40. The average molecular weight is 314 g/mol. The Morgan fingerprint density at radius 1 is 1.32 bits per heavy atom. The van der Waals surface area contributed by atoms with Crippen molar-refractivity contribution in [2.45, 2.75) is 25.0 Å². The van der Waals surface area contributed by atoms with Gasteiger partial charge >= 0.3 is 0 Å². The Morgan fingerprint density at radius 2 is 2.09 bits per heavy atom. The number of thioether (sulfide) groups is 1. The zero-order valence-corrected chi connectivity index (χ0v) is 13.7. The van der Waals surface area contributed by atoms with E-state index in [0.29, 0.717) is 17.4 Å². The van der Waals surface area contributed by atoms with Crippen molar-refractivity contribution in [3.05, 3.63) is 42.2 Å². The number of fused-ring (bicyclic) bond motifs is 1. The molecule has 6 heteroatoms. The second-order valence-electron chi connectivity index (χ2n) is 5.46. The first-order chi connectivity index (χ1) is 10.6. The van der Waals surface area contributed by atoms with E-state index in [9.17, 15) is 4.79 Å². The molecule has 0 saturated heterocycles. The van der Waals surface area contributed by atoms with E-state index in [0.717, 1.165) is 16.2 Å². The Morgan fingerprint density at radius 3 is 2.77 bits per heavy atom. The van der Waals surface area contributed by atoms with Gasteiger partial charge in [0.15, 0.2) is 10.9 Å². The molecule has 22 heavy (non-hydrogen) atoms. The summed E-state index contributed by atoms with van der Waals surface area (Å²) in [4.78, 5) is 16.9. The van der Waals surface area contributed by atoms with Crippen molar-refractivity contribution < 1.29 is 4.79 Å². The van der Waals surface area contributed by atoms with Crippen LogP contribution in [-0.2, 0) is 7.05 Å². The van der Waals surface area contributed by atoms with E-state index in [-0.39, 0.29) is 5.78 Å². The van der Waals surface area contributed by atoms with Crippen LogP contribution in [0.25, 0.3) is 11.0 Å². The summed E-state index contributed by atoms with van der Waals surface area (Å²) < 4.78 is 3.82. The first-order valence-electron chi connectivity index (χ1n) is 7.18. The molecule has 0 spiro atoms. The highest BCUT2D eigenvalue weighted by Crippen LogP contribution is 2.28. The third-order valence-corrected chi connectivity index (χ3v) is 4.39. The summed E-state index contributed by atoms with van der Waals surface area (Å²) in [7, 11) is 1.81. The maximum Gasteiger partial charge on any atom is 0.176 e. The van der Waals surface area contributed by atoms with Gasteiger partial charge in [-0.15, -0.1) is 0 Å². The minimum atomic E-state index is 0.0699. The SMILES string of the molecule is CC(C)n1c(SCC(=O)c2cnn(C)c2)nc2ccccc21. The maximum absolute atomic E-state index is 12.2. The van der Waals surface area contributed by atoms with E-state index >= 15 is 0 Å². The number of carbonyl (C=O) groups is 1. The summed E-state index contributed by atoms with van der Waals surface area (Å²) in [5.41, 5.74) is 2.71. The predicted octanol–water partition coefficient (Wildman–Crippen LogP) is 3.33. The number of benzene rings is 1. The number of nitrogens with zero attached hydrogens (tertiary/aromatic N) is 4. The molecule has 0 radical (unpaired) electrons. The molecule has 0 aliphatic carbocycles. The molecular weight excluding hydrogens is 296 g/mol. The second kappa shape index (κ2) is 5.96. The monoisotopic (exact) mass is 314 g/mol. The van der Waals surface area contributed by atoms with Crippen LogP contribution in [0.15, 0.2) is 41.8 Å². The average Bonchev–Trinajstić information content (AvgIpc) is 3.07. The lowest BCUT2D eigenvalue weighted by molar-refractivity contribution is 0.102. The molecule has 3 rings (SSSR count). The van der Waals surface area contributed by atoms with Gasteiger partial charge in [-0.05, 0) is 26.0 Å². The Balaban J connectivity index is 1.84. The third kappa shape index (κ3) is 2.78. The van der Waals surface area contributed by atoms with E-state index in [1.807, 2.05) is 25.2 Å². The van der Waals surface area contributed by atoms with E-state index < -0.39 is 0 Å². The summed E-state index contributed by atoms with van der Waals surface area (Å²) in [6, 6.07) is 8.35. The molecule has 114 valence electrons. The van der Waals surface area contributed by atoms with Gasteiger partial charge in [-0.3, -0.25) is 9.48 Å². The van der Waals surface area contributed by atoms with E-state index in [4.69, 9.17) is 0 Å². The van der Waals surface area contributed by atoms with E-state index in [1.54, 1.807) is 17.1 Å². The van der Waals surface area contributed by atoms with Gasteiger partial charge in [-0.1, -0.05) is 23.9 Å². The number of hydrogen-bond donors (Lipinski definition) is 0. The Hall–Kier alpha value is -2.08. The molecule has 0 unspecified atom stereocenters. The van der Waals surface area contributed by atoms with Crippen LogP contribution < -0.4 is 0 Å². The molecule has 0 aliphatic rings. The van der Waals surface area contributed by atoms with Crippen LogP contribution in [0, 0.1) is 0 Å². The van der Waals surface area contributed by atoms with Crippen LogP contribution in [0.2, 0.25) is 0 Å². The summed E-state index contributed by atoms with van der Waals surface area (Å²) in [5.74, 6) is 0.433. The largest absolute Gasteiger partial charge is 0.316 e. The highest BCUT2D eigenvalue weighted by Gasteiger charge is 2.16. The molecular formula is C16H18N4OS. The number of para-hydroxylation sites is 2. The molecule has 0 N–H and O–H groups in total. The molecule has 0 saturated carbocycles. The Labute approximate surface area is 133 Å². The van der Waals surface area contributed by atoms with Gasteiger partial charge < -0.3 is 4.57 Å². The standard InChI is InChI=1S/C16H18N4OS/c1-11(2)20-14-7-5-4-6-13(14)18-16(20)22-10-15(21)12-8-17-19(3)9-12/h4-9,11H,10H2,1-3H3. The van der Waals surface area contributed by atoms with Crippen molar-refractivity contribution in [2.24, 2.45) is 7.05 Å². The highest BCUT2D eigenvalue weighted by atomic mass is 32.2. The smallest absolute Gasteiger partial charge is 0.176 e. The minimum Gasteiger partial charge on any atom is -0.316 e. The lowest BCUT2D eigenvalue weighted by Crippen LogP contribution is -2.06. The zero-order chi connectivity index (χ0) is 15.7. The van der Waals surface area contributed by atoms with Crippen LogP contribution in [-0.4, -0.2) is 30.9 Å². The predicted molar refractivity (Wildman–Crippen MR) is 88.4 cm³/mol. The van der Waals surface area contributed by atoms with E-state index in [2.05, 4.69) is 34.6 Å². The molecule has 2 heterocycles. The van der Waals surface area contributed by atoms with Gasteiger partial charge in [-0.2, -0.15) is 5.10 Å².